The van der Waals surface area contributed by atoms with E-state index in [9.17, 15) is 0 Å². The van der Waals surface area contributed by atoms with E-state index >= 15 is 0 Å². The molecule has 2 nitrogen and oxygen atoms in total. The molecular weight excluding hydrogens is 220 g/mol. The van der Waals surface area contributed by atoms with Crippen LogP contribution in [0.1, 0.15) is 39.0 Å². The fraction of sp³-hybridized carbons (Fsp3) is 0.625. The van der Waals surface area contributed by atoms with Gasteiger partial charge in [0.15, 0.2) is 0 Å². The molecular formula is C16H26N2. The highest BCUT2D eigenvalue weighted by Gasteiger charge is 2.20. The summed E-state index contributed by atoms with van der Waals surface area (Å²) in [7, 11) is 4.21. The number of rotatable bonds is 4. The third-order valence-corrected chi connectivity index (χ3v) is 4.13. The van der Waals surface area contributed by atoms with Gasteiger partial charge in [-0.05, 0) is 37.8 Å². The van der Waals surface area contributed by atoms with Crippen LogP contribution in [-0.4, -0.2) is 20.1 Å². The van der Waals surface area contributed by atoms with Gasteiger partial charge < -0.3 is 10.2 Å². The lowest BCUT2D eigenvalue weighted by Crippen LogP contribution is -2.28. The summed E-state index contributed by atoms with van der Waals surface area (Å²) < 4.78 is 0. The van der Waals surface area contributed by atoms with Crippen LogP contribution in [0.2, 0.25) is 0 Å². The van der Waals surface area contributed by atoms with Gasteiger partial charge in [0.05, 0.1) is 11.4 Å². The Morgan fingerprint density at radius 3 is 2.44 bits per heavy atom. The topological polar surface area (TPSA) is 15.3 Å². The molecule has 0 radical (unpaired) electrons. The van der Waals surface area contributed by atoms with Crippen LogP contribution >= 0.6 is 0 Å². The summed E-state index contributed by atoms with van der Waals surface area (Å²) in [5.74, 6) is 0.842. The first-order valence-electron chi connectivity index (χ1n) is 7.21. The molecule has 1 unspecified atom stereocenters. The SMILES string of the molecule is CC(Nc1ccccc1N(C)C)C1CCCCC1. The van der Waals surface area contributed by atoms with Gasteiger partial charge in [-0.1, -0.05) is 31.4 Å². The van der Waals surface area contributed by atoms with Crippen molar-refractivity contribution >= 4 is 11.4 Å². The van der Waals surface area contributed by atoms with Gasteiger partial charge in [0, 0.05) is 20.1 Å². The molecule has 1 saturated carbocycles. The van der Waals surface area contributed by atoms with Crippen LogP contribution in [0.15, 0.2) is 24.3 Å². The third-order valence-electron chi connectivity index (χ3n) is 4.13. The maximum atomic E-state index is 3.72. The van der Waals surface area contributed by atoms with Gasteiger partial charge in [0.2, 0.25) is 0 Å². The Hall–Kier alpha value is -1.18. The summed E-state index contributed by atoms with van der Waals surface area (Å²) >= 11 is 0. The molecule has 1 atom stereocenters. The minimum Gasteiger partial charge on any atom is -0.381 e. The van der Waals surface area contributed by atoms with Crippen molar-refractivity contribution in [3.05, 3.63) is 24.3 Å². The van der Waals surface area contributed by atoms with Crippen LogP contribution in [0.25, 0.3) is 0 Å². The molecule has 0 aromatic heterocycles. The van der Waals surface area contributed by atoms with Gasteiger partial charge >= 0.3 is 0 Å². The number of para-hydroxylation sites is 2. The number of nitrogens with zero attached hydrogens (tertiary/aromatic N) is 1. The Kier molecular flexibility index (Phi) is 4.51. The Morgan fingerprint density at radius 2 is 1.78 bits per heavy atom. The molecule has 0 amide bonds. The minimum absolute atomic E-state index is 0.575. The molecule has 1 aliphatic rings. The second kappa shape index (κ2) is 6.12. The van der Waals surface area contributed by atoms with E-state index in [1.165, 1.54) is 43.5 Å². The zero-order chi connectivity index (χ0) is 13.0. The fourth-order valence-electron chi connectivity index (χ4n) is 2.98. The van der Waals surface area contributed by atoms with Gasteiger partial charge in [-0.15, -0.1) is 0 Å². The third kappa shape index (κ3) is 3.18. The highest BCUT2D eigenvalue weighted by atomic mass is 15.1. The second-order valence-corrected chi connectivity index (χ2v) is 5.74. The monoisotopic (exact) mass is 246 g/mol. The maximum absolute atomic E-state index is 3.72. The van der Waals surface area contributed by atoms with E-state index in [4.69, 9.17) is 0 Å². The summed E-state index contributed by atoms with van der Waals surface area (Å²) in [6.45, 7) is 2.34. The lowest BCUT2D eigenvalue weighted by Gasteiger charge is -2.30. The standard InChI is InChI=1S/C16H26N2/c1-13(14-9-5-4-6-10-14)17-15-11-7-8-12-16(15)18(2)3/h7-8,11-14,17H,4-6,9-10H2,1-3H3. The average molecular weight is 246 g/mol. The largest absolute Gasteiger partial charge is 0.381 e. The van der Waals surface area contributed by atoms with Crippen molar-refractivity contribution in [2.45, 2.75) is 45.1 Å². The van der Waals surface area contributed by atoms with Crippen LogP contribution < -0.4 is 10.2 Å². The van der Waals surface area contributed by atoms with E-state index in [-0.39, 0.29) is 0 Å². The van der Waals surface area contributed by atoms with E-state index in [2.05, 4.69) is 55.5 Å². The van der Waals surface area contributed by atoms with Crippen molar-refractivity contribution < 1.29 is 0 Å². The van der Waals surface area contributed by atoms with E-state index in [1.807, 2.05) is 0 Å². The maximum Gasteiger partial charge on any atom is 0.0596 e. The Labute approximate surface area is 111 Å². The zero-order valence-electron chi connectivity index (χ0n) is 11.9. The first kappa shape index (κ1) is 13.3. The smallest absolute Gasteiger partial charge is 0.0596 e. The molecule has 1 aliphatic carbocycles. The summed E-state index contributed by atoms with van der Waals surface area (Å²) in [5, 5.41) is 3.72. The van der Waals surface area contributed by atoms with Crippen molar-refractivity contribution in [2.24, 2.45) is 5.92 Å². The van der Waals surface area contributed by atoms with Crippen molar-refractivity contribution in [1.82, 2.24) is 0 Å². The average Bonchev–Trinajstić information content (AvgIpc) is 2.40. The second-order valence-electron chi connectivity index (χ2n) is 5.74. The molecule has 2 heteroatoms. The first-order valence-corrected chi connectivity index (χ1v) is 7.21. The normalized spacial score (nSPS) is 18.4. The zero-order valence-corrected chi connectivity index (χ0v) is 11.9. The van der Waals surface area contributed by atoms with Crippen LogP contribution in [0, 0.1) is 5.92 Å². The summed E-state index contributed by atoms with van der Waals surface area (Å²) in [5.41, 5.74) is 2.54. The predicted molar refractivity (Wildman–Crippen MR) is 80.4 cm³/mol. The first-order chi connectivity index (χ1) is 8.68. The van der Waals surface area contributed by atoms with Crippen LogP contribution in [0.4, 0.5) is 11.4 Å². The highest BCUT2D eigenvalue weighted by molar-refractivity contribution is 5.69. The van der Waals surface area contributed by atoms with E-state index < -0.39 is 0 Å². The summed E-state index contributed by atoms with van der Waals surface area (Å²) in [6.07, 6.45) is 7.02. The number of benzene rings is 1. The van der Waals surface area contributed by atoms with Crippen molar-refractivity contribution in [1.29, 1.82) is 0 Å². The van der Waals surface area contributed by atoms with Crippen LogP contribution in [0.5, 0.6) is 0 Å². The van der Waals surface area contributed by atoms with Crippen LogP contribution in [-0.2, 0) is 0 Å². The summed E-state index contributed by atoms with van der Waals surface area (Å²) in [6, 6.07) is 9.16. The molecule has 0 saturated heterocycles. The summed E-state index contributed by atoms with van der Waals surface area (Å²) in [4.78, 5) is 2.18. The predicted octanol–water partition coefficient (Wildman–Crippen LogP) is 4.13. The molecule has 1 aromatic carbocycles. The molecule has 18 heavy (non-hydrogen) atoms. The molecule has 100 valence electrons. The van der Waals surface area contributed by atoms with Crippen molar-refractivity contribution in [3.63, 3.8) is 0 Å². The van der Waals surface area contributed by atoms with Crippen LogP contribution in [0.3, 0.4) is 0 Å². The van der Waals surface area contributed by atoms with Gasteiger partial charge in [0.25, 0.3) is 0 Å². The van der Waals surface area contributed by atoms with E-state index in [1.54, 1.807) is 0 Å². The van der Waals surface area contributed by atoms with Gasteiger partial charge in [-0.25, -0.2) is 0 Å². The molecule has 1 fully saturated rings. The van der Waals surface area contributed by atoms with E-state index in [0.717, 1.165) is 5.92 Å². The molecule has 0 aliphatic heterocycles. The lowest BCUT2D eigenvalue weighted by molar-refractivity contribution is 0.328. The molecule has 0 heterocycles. The lowest BCUT2D eigenvalue weighted by atomic mass is 9.84. The molecule has 2 rings (SSSR count). The Bertz CT molecular complexity index is 367. The number of hydrogen-bond acceptors (Lipinski definition) is 2. The Balaban J connectivity index is 2.03. The quantitative estimate of drug-likeness (QED) is 0.859. The molecule has 1 N–H and O–H groups in total. The fourth-order valence-corrected chi connectivity index (χ4v) is 2.98. The number of hydrogen-bond donors (Lipinski definition) is 1. The van der Waals surface area contributed by atoms with Gasteiger partial charge in [-0.2, -0.15) is 0 Å². The van der Waals surface area contributed by atoms with Gasteiger partial charge in [-0.3, -0.25) is 0 Å². The van der Waals surface area contributed by atoms with E-state index in [0.29, 0.717) is 6.04 Å². The highest BCUT2D eigenvalue weighted by Crippen LogP contribution is 2.30. The van der Waals surface area contributed by atoms with Crippen molar-refractivity contribution in [3.8, 4) is 0 Å². The molecule has 0 spiro atoms. The van der Waals surface area contributed by atoms with Gasteiger partial charge in [0.1, 0.15) is 0 Å². The number of anilines is 2. The Morgan fingerprint density at radius 1 is 1.11 bits per heavy atom. The van der Waals surface area contributed by atoms with Crippen molar-refractivity contribution in [2.75, 3.05) is 24.3 Å². The number of nitrogens with one attached hydrogen (secondary N) is 1. The molecule has 1 aromatic rings. The molecule has 0 bridgehead atoms. The minimum atomic E-state index is 0.575.